The highest BCUT2D eigenvalue weighted by Crippen LogP contribution is 2.19. The molecule has 0 radical (unpaired) electrons. The summed E-state index contributed by atoms with van der Waals surface area (Å²) in [4.78, 5) is 13.4. The van der Waals surface area contributed by atoms with Gasteiger partial charge in [0.1, 0.15) is 12.4 Å². The molecule has 0 aliphatic carbocycles. The number of allylic oxidation sites excluding steroid dienone is 1. The van der Waals surface area contributed by atoms with Crippen LogP contribution < -0.4 is 9.64 Å². The fourth-order valence-electron chi connectivity index (χ4n) is 1.43. The van der Waals surface area contributed by atoms with Crippen LogP contribution in [-0.2, 0) is 4.79 Å². The van der Waals surface area contributed by atoms with E-state index in [1.807, 2.05) is 12.1 Å². The second-order valence-corrected chi connectivity index (χ2v) is 3.77. The van der Waals surface area contributed by atoms with Crippen LogP contribution in [0.2, 0.25) is 0 Å². The number of terminal acetylenes is 1. The van der Waals surface area contributed by atoms with Gasteiger partial charge in [0.15, 0.2) is 0 Å². The predicted octanol–water partition coefficient (Wildman–Crippen LogP) is 2.63. The van der Waals surface area contributed by atoms with Gasteiger partial charge in [-0.25, -0.2) is 0 Å². The van der Waals surface area contributed by atoms with E-state index in [1.54, 1.807) is 30.2 Å². The van der Waals surface area contributed by atoms with Gasteiger partial charge in [0.25, 0.3) is 0 Å². The van der Waals surface area contributed by atoms with Crippen molar-refractivity contribution in [1.29, 1.82) is 0 Å². The lowest BCUT2D eigenvalue weighted by Crippen LogP contribution is -2.25. The molecule has 18 heavy (non-hydrogen) atoms. The Morgan fingerprint density at radius 3 is 2.72 bits per heavy atom. The van der Waals surface area contributed by atoms with Crippen LogP contribution in [0.25, 0.3) is 0 Å². The average molecular weight is 243 g/mol. The minimum atomic E-state index is 0.0622. The highest BCUT2D eigenvalue weighted by Gasteiger charge is 2.09. The number of benzene rings is 1. The van der Waals surface area contributed by atoms with Gasteiger partial charge in [0.05, 0.1) is 0 Å². The fraction of sp³-hybridized carbons (Fsp3) is 0.267. The van der Waals surface area contributed by atoms with Gasteiger partial charge in [0.2, 0.25) is 5.91 Å². The third-order valence-corrected chi connectivity index (χ3v) is 2.48. The van der Waals surface area contributed by atoms with Crippen LogP contribution in [0.15, 0.2) is 36.9 Å². The summed E-state index contributed by atoms with van der Waals surface area (Å²) in [6.45, 7) is 3.84. The van der Waals surface area contributed by atoms with Crippen molar-refractivity contribution in [1.82, 2.24) is 0 Å². The monoisotopic (exact) mass is 243 g/mol. The van der Waals surface area contributed by atoms with Crippen molar-refractivity contribution in [3.63, 3.8) is 0 Å². The third kappa shape index (κ3) is 3.99. The first-order valence-electron chi connectivity index (χ1n) is 5.72. The molecule has 0 N–H and O–H groups in total. The van der Waals surface area contributed by atoms with Crippen molar-refractivity contribution in [3.8, 4) is 18.1 Å². The van der Waals surface area contributed by atoms with Gasteiger partial charge in [0, 0.05) is 19.2 Å². The summed E-state index contributed by atoms with van der Waals surface area (Å²) < 4.78 is 5.26. The van der Waals surface area contributed by atoms with E-state index in [1.165, 1.54) is 0 Å². The third-order valence-electron chi connectivity index (χ3n) is 2.48. The lowest BCUT2D eigenvalue weighted by molar-refractivity contribution is -0.118. The number of hydrogen-bond donors (Lipinski definition) is 0. The van der Waals surface area contributed by atoms with E-state index in [0.717, 1.165) is 5.69 Å². The molecule has 1 rings (SSSR count). The topological polar surface area (TPSA) is 29.5 Å². The lowest BCUT2D eigenvalue weighted by Gasteiger charge is -2.17. The minimum absolute atomic E-state index is 0.0622. The summed E-state index contributed by atoms with van der Waals surface area (Å²) >= 11 is 0. The van der Waals surface area contributed by atoms with Gasteiger partial charge in [-0.1, -0.05) is 12.0 Å². The number of ether oxygens (including phenoxy) is 1. The van der Waals surface area contributed by atoms with Crippen LogP contribution >= 0.6 is 0 Å². The Balaban J connectivity index is 2.63. The molecule has 0 atom stereocenters. The quantitative estimate of drug-likeness (QED) is 0.568. The van der Waals surface area contributed by atoms with E-state index in [0.29, 0.717) is 18.6 Å². The second-order valence-electron chi connectivity index (χ2n) is 3.77. The molecule has 0 bridgehead atoms. The molecular formula is C15H17NO2. The molecule has 1 aromatic rings. The fourth-order valence-corrected chi connectivity index (χ4v) is 1.43. The largest absolute Gasteiger partial charge is 0.481 e. The number of rotatable bonds is 6. The van der Waals surface area contributed by atoms with Crippen LogP contribution in [-0.4, -0.2) is 19.6 Å². The van der Waals surface area contributed by atoms with Crippen molar-refractivity contribution in [2.75, 3.05) is 18.6 Å². The van der Waals surface area contributed by atoms with Gasteiger partial charge < -0.3 is 9.64 Å². The Morgan fingerprint density at radius 1 is 1.50 bits per heavy atom. The molecule has 1 aromatic carbocycles. The summed E-state index contributed by atoms with van der Waals surface area (Å²) in [7, 11) is 1.75. The molecule has 0 saturated heterocycles. The maximum atomic E-state index is 11.8. The predicted molar refractivity (Wildman–Crippen MR) is 73.6 cm³/mol. The first kappa shape index (κ1) is 13.9. The molecule has 0 spiro atoms. The van der Waals surface area contributed by atoms with Crippen LogP contribution in [0.1, 0.15) is 12.8 Å². The van der Waals surface area contributed by atoms with Crippen molar-refractivity contribution < 1.29 is 9.53 Å². The number of carbonyl (C=O) groups excluding carboxylic acids is 1. The Labute approximate surface area is 108 Å². The highest BCUT2D eigenvalue weighted by atomic mass is 16.5. The van der Waals surface area contributed by atoms with Gasteiger partial charge in [-0.2, -0.15) is 0 Å². The summed E-state index contributed by atoms with van der Waals surface area (Å²) in [6.07, 6.45) is 8.00. The number of hydrogen-bond acceptors (Lipinski definition) is 2. The van der Waals surface area contributed by atoms with Crippen molar-refractivity contribution in [3.05, 3.63) is 36.9 Å². The number of nitrogens with zero attached hydrogens (tertiary/aromatic N) is 1. The molecule has 0 aliphatic rings. The summed E-state index contributed by atoms with van der Waals surface area (Å²) in [5, 5.41) is 0. The molecule has 0 saturated carbocycles. The normalized spacial score (nSPS) is 9.33. The molecule has 94 valence electrons. The molecule has 3 nitrogen and oxygen atoms in total. The van der Waals surface area contributed by atoms with Crippen LogP contribution in [0, 0.1) is 12.3 Å². The van der Waals surface area contributed by atoms with E-state index in [2.05, 4.69) is 12.5 Å². The van der Waals surface area contributed by atoms with Gasteiger partial charge >= 0.3 is 0 Å². The molecule has 0 heterocycles. The Bertz CT molecular complexity index is 443. The second kappa shape index (κ2) is 7.18. The van der Waals surface area contributed by atoms with E-state index in [-0.39, 0.29) is 12.5 Å². The number of carbonyl (C=O) groups is 1. The Hall–Kier alpha value is -2.21. The first-order chi connectivity index (χ1) is 8.69. The molecule has 0 unspecified atom stereocenters. The van der Waals surface area contributed by atoms with Gasteiger partial charge in [-0.3, -0.25) is 4.79 Å². The maximum absolute atomic E-state index is 11.8. The zero-order chi connectivity index (χ0) is 13.4. The molecule has 0 aromatic heterocycles. The standard InChI is InChI=1S/C15H17NO2/c1-4-6-7-15(17)16(3)13-8-10-14(11-9-13)18-12-5-2/h2,4,8-11H,1,6-7,12H2,3H3. The van der Waals surface area contributed by atoms with Crippen molar-refractivity contribution >= 4 is 11.6 Å². The van der Waals surface area contributed by atoms with Crippen LogP contribution in [0.5, 0.6) is 5.75 Å². The van der Waals surface area contributed by atoms with Gasteiger partial charge in [-0.05, 0) is 30.7 Å². The first-order valence-corrected chi connectivity index (χ1v) is 5.72. The summed E-state index contributed by atoms with van der Waals surface area (Å²) in [5.74, 6) is 3.16. The lowest BCUT2D eigenvalue weighted by atomic mass is 10.2. The molecule has 3 heteroatoms. The zero-order valence-electron chi connectivity index (χ0n) is 10.6. The minimum Gasteiger partial charge on any atom is -0.481 e. The number of amides is 1. The van der Waals surface area contributed by atoms with E-state index in [4.69, 9.17) is 11.2 Å². The van der Waals surface area contributed by atoms with E-state index in [9.17, 15) is 4.79 Å². The van der Waals surface area contributed by atoms with Gasteiger partial charge in [-0.15, -0.1) is 13.0 Å². The van der Waals surface area contributed by atoms with E-state index >= 15 is 0 Å². The molecule has 1 amide bonds. The molecule has 0 fully saturated rings. The smallest absolute Gasteiger partial charge is 0.227 e. The zero-order valence-corrected chi connectivity index (χ0v) is 10.6. The molecule has 0 aliphatic heterocycles. The van der Waals surface area contributed by atoms with E-state index < -0.39 is 0 Å². The van der Waals surface area contributed by atoms with Crippen LogP contribution in [0.3, 0.4) is 0 Å². The Kier molecular flexibility index (Phi) is 5.53. The summed E-state index contributed by atoms with van der Waals surface area (Å²) in [6, 6.07) is 7.25. The van der Waals surface area contributed by atoms with Crippen molar-refractivity contribution in [2.24, 2.45) is 0 Å². The maximum Gasteiger partial charge on any atom is 0.227 e. The SMILES string of the molecule is C#CCOc1ccc(N(C)C(=O)CCC=C)cc1. The molecular weight excluding hydrogens is 226 g/mol. The average Bonchev–Trinajstić information content (AvgIpc) is 2.42. The number of anilines is 1. The van der Waals surface area contributed by atoms with Crippen molar-refractivity contribution in [2.45, 2.75) is 12.8 Å². The summed E-state index contributed by atoms with van der Waals surface area (Å²) in [5.41, 5.74) is 0.831. The van der Waals surface area contributed by atoms with Crippen LogP contribution in [0.4, 0.5) is 5.69 Å². The Morgan fingerprint density at radius 2 is 2.17 bits per heavy atom. The highest BCUT2D eigenvalue weighted by molar-refractivity contribution is 5.92.